The van der Waals surface area contributed by atoms with Crippen LogP contribution in [-0.2, 0) is 4.74 Å². The van der Waals surface area contributed by atoms with Crippen LogP contribution in [0.5, 0.6) is 0 Å². The first-order chi connectivity index (χ1) is 5.22. The van der Waals surface area contributed by atoms with Crippen molar-refractivity contribution in [2.75, 3.05) is 13.7 Å². The van der Waals surface area contributed by atoms with E-state index in [-0.39, 0.29) is 0 Å². The summed E-state index contributed by atoms with van der Waals surface area (Å²) in [4.78, 5) is 10.3. The summed E-state index contributed by atoms with van der Waals surface area (Å²) in [5, 5.41) is 10.3. The number of carbonyl (C=O) groups excluding carboxylic acids is 1. The molecule has 0 atom stereocenters. The second kappa shape index (κ2) is 5.70. The summed E-state index contributed by atoms with van der Waals surface area (Å²) in [7, 11) is 1.40. The molecule has 0 fully saturated rings. The van der Waals surface area contributed by atoms with Gasteiger partial charge in [-0.15, -0.1) is 0 Å². The van der Waals surface area contributed by atoms with Crippen molar-refractivity contribution in [1.29, 1.82) is 0 Å². The Hall–Kier alpha value is -1.06. The van der Waals surface area contributed by atoms with Crippen LogP contribution in [0, 0.1) is 0 Å². The van der Waals surface area contributed by atoms with Crippen LogP contribution >= 0.6 is 0 Å². The summed E-state index contributed by atoms with van der Waals surface area (Å²) in [5.41, 5.74) is 0. The van der Waals surface area contributed by atoms with E-state index in [0.717, 1.165) is 23.8 Å². The van der Waals surface area contributed by atoms with Gasteiger partial charge in [0.2, 0.25) is 0 Å². The Morgan fingerprint density at radius 3 is 2.73 bits per heavy atom. The van der Waals surface area contributed by atoms with Gasteiger partial charge in [0.1, 0.15) is 0 Å². The Labute approximate surface area is 66.1 Å². The van der Waals surface area contributed by atoms with E-state index in [2.05, 4.69) is 4.74 Å². The fourth-order valence-corrected chi connectivity index (χ4v) is 0.643. The number of rotatable bonds is 4. The maximum Gasteiger partial charge on any atom is 0.340 e. The Kier molecular flexibility index (Phi) is 5.15. The Morgan fingerprint density at radius 2 is 2.36 bits per heavy atom. The average Bonchev–Trinajstić information content (AvgIpc) is 1.97. The fourth-order valence-electron chi connectivity index (χ4n) is 0.643. The van der Waals surface area contributed by atoms with Crippen molar-refractivity contribution in [3.63, 3.8) is 0 Å². The highest BCUT2D eigenvalue weighted by Gasteiger charge is 2.04. The van der Waals surface area contributed by atoms with Gasteiger partial charge in [0.05, 0.1) is 7.11 Å². The van der Waals surface area contributed by atoms with Gasteiger partial charge in [-0.25, -0.2) is 0 Å². The van der Waals surface area contributed by atoms with Crippen molar-refractivity contribution >= 4 is 12.5 Å². The fraction of sp³-hybridized carbons (Fsp3) is 0.714. The molecule has 0 aromatic carbocycles. The van der Waals surface area contributed by atoms with Gasteiger partial charge in [-0.05, 0) is 0 Å². The third kappa shape index (κ3) is 4.36. The topological polar surface area (TPSA) is 52.4 Å². The van der Waals surface area contributed by atoms with Crippen molar-refractivity contribution in [2.24, 2.45) is 0 Å². The number of carboxylic acid groups (broad SMARTS) is 1. The van der Waals surface area contributed by atoms with Crippen LogP contribution in [-0.4, -0.2) is 30.7 Å². The van der Waals surface area contributed by atoms with Crippen LogP contribution in [0.2, 0.25) is 0 Å². The van der Waals surface area contributed by atoms with Crippen molar-refractivity contribution < 1.29 is 19.2 Å². The molecule has 1 amide bonds. The number of methoxy groups -OCH3 is 1. The lowest BCUT2D eigenvalue weighted by atomic mass is 10.3. The van der Waals surface area contributed by atoms with Crippen LogP contribution in [0.25, 0.3) is 0 Å². The number of unbranched alkanes of at least 4 members (excludes halogenated alkanes) is 1. The minimum Gasteiger partial charge on any atom is -0.490 e. The average molecular weight is 159 g/mol. The summed E-state index contributed by atoms with van der Waals surface area (Å²) in [5.74, 6) is 0. The molecule has 4 nitrogen and oxygen atoms in total. The molecule has 0 aliphatic heterocycles. The van der Waals surface area contributed by atoms with Crippen LogP contribution in [0.3, 0.4) is 0 Å². The molecule has 0 aliphatic carbocycles. The SMILES string of the molecule is CCCC[N+](=COC)C(=O)[O-]. The minimum atomic E-state index is -1.22. The molecular formula is C7H13NO3. The molecule has 0 rings (SSSR count). The van der Waals surface area contributed by atoms with E-state index < -0.39 is 6.09 Å². The molecule has 0 radical (unpaired) electrons. The van der Waals surface area contributed by atoms with E-state index in [0.29, 0.717) is 6.54 Å². The molecular weight excluding hydrogens is 146 g/mol. The zero-order valence-corrected chi connectivity index (χ0v) is 6.87. The third-order valence-electron chi connectivity index (χ3n) is 1.22. The lowest BCUT2D eigenvalue weighted by Crippen LogP contribution is -2.35. The first kappa shape index (κ1) is 9.94. The van der Waals surface area contributed by atoms with Crippen molar-refractivity contribution in [3.8, 4) is 0 Å². The number of hydrogen-bond donors (Lipinski definition) is 0. The zero-order chi connectivity index (χ0) is 8.69. The zero-order valence-electron chi connectivity index (χ0n) is 6.87. The Bertz CT molecular complexity index is 154. The van der Waals surface area contributed by atoms with Gasteiger partial charge in [0, 0.05) is 6.42 Å². The third-order valence-corrected chi connectivity index (χ3v) is 1.22. The maximum absolute atomic E-state index is 10.3. The molecule has 0 aliphatic rings. The molecule has 0 bridgehead atoms. The number of carbonyl (C=O) groups is 1. The van der Waals surface area contributed by atoms with Crippen molar-refractivity contribution in [3.05, 3.63) is 0 Å². The molecule has 0 saturated heterocycles. The quantitative estimate of drug-likeness (QED) is 0.325. The summed E-state index contributed by atoms with van der Waals surface area (Å²) < 4.78 is 5.56. The molecule has 0 N–H and O–H groups in total. The number of ether oxygens (including phenoxy) is 1. The van der Waals surface area contributed by atoms with E-state index in [9.17, 15) is 9.90 Å². The molecule has 64 valence electrons. The first-order valence-electron chi connectivity index (χ1n) is 3.56. The second-order valence-electron chi connectivity index (χ2n) is 2.15. The molecule has 0 aromatic rings. The smallest absolute Gasteiger partial charge is 0.340 e. The molecule has 0 saturated carbocycles. The first-order valence-corrected chi connectivity index (χ1v) is 3.56. The lowest BCUT2D eigenvalue weighted by molar-refractivity contribution is -0.517. The molecule has 4 heteroatoms. The van der Waals surface area contributed by atoms with Crippen LogP contribution < -0.4 is 5.11 Å². The van der Waals surface area contributed by atoms with Crippen molar-refractivity contribution in [1.82, 2.24) is 0 Å². The summed E-state index contributed by atoms with van der Waals surface area (Å²) in [6, 6.07) is 0. The normalized spacial score (nSPS) is 11.3. The standard InChI is InChI=1S/C7H13NO3/c1-3-4-5-8(6-11-2)7(9)10/h6H,3-5H2,1-2H3. The monoisotopic (exact) mass is 159 g/mol. The van der Waals surface area contributed by atoms with Gasteiger partial charge in [0.15, 0.2) is 6.54 Å². The van der Waals surface area contributed by atoms with Gasteiger partial charge in [-0.3, -0.25) is 0 Å². The van der Waals surface area contributed by atoms with Crippen LogP contribution in [0.15, 0.2) is 0 Å². The number of hydrogen-bond acceptors (Lipinski definition) is 3. The van der Waals surface area contributed by atoms with Gasteiger partial charge in [-0.1, -0.05) is 13.3 Å². The van der Waals surface area contributed by atoms with Gasteiger partial charge >= 0.3 is 12.5 Å². The van der Waals surface area contributed by atoms with Gasteiger partial charge in [-0.2, -0.15) is 4.58 Å². The predicted molar refractivity (Wildman–Crippen MR) is 38.5 cm³/mol. The van der Waals surface area contributed by atoms with E-state index >= 15 is 0 Å². The predicted octanol–water partition coefficient (Wildman–Crippen LogP) is -0.183. The molecule has 0 unspecified atom stereocenters. The van der Waals surface area contributed by atoms with E-state index in [1.165, 1.54) is 7.11 Å². The van der Waals surface area contributed by atoms with Gasteiger partial charge < -0.3 is 14.6 Å². The van der Waals surface area contributed by atoms with E-state index in [1.807, 2.05) is 6.92 Å². The van der Waals surface area contributed by atoms with E-state index in [1.54, 1.807) is 0 Å². The van der Waals surface area contributed by atoms with Crippen LogP contribution in [0.1, 0.15) is 19.8 Å². The van der Waals surface area contributed by atoms with E-state index in [4.69, 9.17) is 0 Å². The Morgan fingerprint density at radius 1 is 1.73 bits per heavy atom. The molecule has 11 heavy (non-hydrogen) atoms. The van der Waals surface area contributed by atoms with Crippen molar-refractivity contribution in [2.45, 2.75) is 19.8 Å². The molecule has 0 spiro atoms. The summed E-state index contributed by atoms with van der Waals surface area (Å²) >= 11 is 0. The highest BCUT2D eigenvalue weighted by Crippen LogP contribution is 1.86. The highest BCUT2D eigenvalue weighted by atomic mass is 16.5. The number of amides is 1. The molecule has 0 aromatic heterocycles. The van der Waals surface area contributed by atoms with Crippen LogP contribution in [0.4, 0.5) is 4.79 Å². The van der Waals surface area contributed by atoms with Gasteiger partial charge in [0.25, 0.3) is 0 Å². The lowest BCUT2D eigenvalue weighted by Gasteiger charge is -1.99. The Balaban J connectivity index is 3.90. The minimum absolute atomic E-state index is 0.437. The molecule has 0 heterocycles. The second-order valence-corrected chi connectivity index (χ2v) is 2.15. The summed E-state index contributed by atoms with van der Waals surface area (Å²) in [6.07, 6.45) is 1.68. The summed E-state index contributed by atoms with van der Waals surface area (Å²) in [6.45, 7) is 2.42. The highest BCUT2D eigenvalue weighted by molar-refractivity contribution is 5.58. The largest absolute Gasteiger partial charge is 0.490 e. The maximum atomic E-state index is 10.3. The number of nitrogens with zero attached hydrogens (tertiary/aromatic N) is 1.